The van der Waals surface area contributed by atoms with Crippen molar-refractivity contribution in [3.63, 3.8) is 0 Å². The number of rotatable bonds is 4. The Balaban J connectivity index is 1.52. The van der Waals surface area contributed by atoms with Crippen LogP contribution in [0.15, 0.2) is 97.1 Å². The van der Waals surface area contributed by atoms with E-state index in [0.717, 1.165) is 0 Å². The fourth-order valence-corrected chi connectivity index (χ4v) is 4.02. The summed E-state index contributed by atoms with van der Waals surface area (Å²) in [6.07, 6.45) is 0. The summed E-state index contributed by atoms with van der Waals surface area (Å²) in [5.74, 6) is -1.57. The van der Waals surface area contributed by atoms with Gasteiger partial charge in [0.05, 0.1) is 22.5 Å². The third-order valence-electron chi connectivity index (χ3n) is 5.64. The Bertz CT molecular complexity index is 1350. The van der Waals surface area contributed by atoms with Crippen molar-refractivity contribution in [1.82, 2.24) is 0 Å². The molecular weight excluding hydrogens is 428 g/mol. The zero-order valence-electron chi connectivity index (χ0n) is 17.9. The molecule has 2 amide bonds. The summed E-state index contributed by atoms with van der Waals surface area (Å²) < 4.78 is 0. The maximum absolute atomic E-state index is 13.5. The molecule has 1 aliphatic carbocycles. The van der Waals surface area contributed by atoms with Crippen LogP contribution in [0.2, 0.25) is 0 Å². The molecule has 2 N–H and O–H groups in total. The van der Waals surface area contributed by atoms with E-state index >= 15 is 0 Å². The van der Waals surface area contributed by atoms with E-state index in [1.54, 1.807) is 97.1 Å². The topological polar surface area (TPSA) is 92.3 Å². The highest BCUT2D eigenvalue weighted by Gasteiger charge is 2.34. The Morgan fingerprint density at radius 3 is 1.24 bits per heavy atom. The van der Waals surface area contributed by atoms with Crippen molar-refractivity contribution in [2.24, 2.45) is 0 Å². The van der Waals surface area contributed by atoms with Crippen LogP contribution in [0.3, 0.4) is 0 Å². The summed E-state index contributed by atoms with van der Waals surface area (Å²) in [5.41, 5.74) is 1.99. The summed E-state index contributed by atoms with van der Waals surface area (Å²) in [7, 11) is 0. The molecule has 6 heteroatoms. The van der Waals surface area contributed by atoms with Gasteiger partial charge in [0.1, 0.15) is 0 Å². The number of ketones is 2. The van der Waals surface area contributed by atoms with Crippen LogP contribution in [0, 0.1) is 0 Å². The number of carbonyl (C=O) groups excluding carboxylic acids is 4. The number of amides is 2. The van der Waals surface area contributed by atoms with Crippen molar-refractivity contribution in [3.05, 3.63) is 130 Å². The smallest absolute Gasteiger partial charge is 0.255 e. The molecule has 0 radical (unpaired) electrons. The molecule has 0 aliphatic heterocycles. The first-order chi connectivity index (χ1) is 16.5. The first-order valence-electron chi connectivity index (χ1n) is 10.6. The van der Waals surface area contributed by atoms with E-state index in [9.17, 15) is 19.2 Å². The number of nitrogens with one attached hydrogen (secondary N) is 2. The predicted octanol–water partition coefficient (Wildman–Crippen LogP) is 4.97. The maximum atomic E-state index is 13.5. The molecule has 34 heavy (non-hydrogen) atoms. The van der Waals surface area contributed by atoms with Gasteiger partial charge in [-0.15, -0.1) is 0 Å². The normalized spacial score (nSPS) is 11.9. The van der Waals surface area contributed by atoms with E-state index in [2.05, 4.69) is 10.6 Å². The maximum Gasteiger partial charge on any atom is 0.255 e. The average molecular weight is 446 g/mol. The molecule has 0 heterocycles. The lowest BCUT2D eigenvalue weighted by Gasteiger charge is -2.22. The molecule has 164 valence electrons. The van der Waals surface area contributed by atoms with Gasteiger partial charge in [-0.1, -0.05) is 60.7 Å². The number of benzene rings is 4. The second-order valence-electron chi connectivity index (χ2n) is 7.75. The number of fused-ring (bicyclic) bond motifs is 2. The molecule has 4 aromatic rings. The Labute approximate surface area is 195 Å². The molecule has 5 rings (SSSR count). The fraction of sp³-hybridized carbons (Fsp3) is 0. The van der Waals surface area contributed by atoms with Gasteiger partial charge in [0.15, 0.2) is 11.6 Å². The predicted molar refractivity (Wildman–Crippen MR) is 129 cm³/mol. The van der Waals surface area contributed by atoms with Gasteiger partial charge < -0.3 is 10.6 Å². The van der Waals surface area contributed by atoms with Gasteiger partial charge in [-0.25, -0.2) is 0 Å². The Hall–Kier alpha value is -4.84. The van der Waals surface area contributed by atoms with Crippen LogP contribution in [-0.4, -0.2) is 23.4 Å². The Kier molecular flexibility index (Phi) is 5.32. The van der Waals surface area contributed by atoms with Crippen molar-refractivity contribution >= 4 is 34.8 Å². The van der Waals surface area contributed by atoms with Crippen LogP contribution in [0.4, 0.5) is 11.4 Å². The van der Waals surface area contributed by atoms with Crippen LogP contribution in [0.1, 0.15) is 52.6 Å². The molecule has 0 saturated carbocycles. The number of hydrogen-bond donors (Lipinski definition) is 2. The summed E-state index contributed by atoms with van der Waals surface area (Å²) >= 11 is 0. The Morgan fingerprint density at radius 1 is 0.471 bits per heavy atom. The monoisotopic (exact) mass is 446 g/mol. The SMILES string of the molecule is O=C(Nc1cccc2c1C(=O)c1cccc(NC(=O)c3ccccc3)c1C2=O)c1ccccc1. The molecule has 0 unspecified atom stereocenters. The van der Waals surface area contributed by atoms with Gasteiger partial charge in [-0.3, -0.25) is 19.2 Å². The van der Waals surface area contributed by atoms with Gasteiger partial charge in [0.2, 0.25) is 0 Å². The van der Waals surface area contributed by atoms with Gasteiger partial charge in [-0.05, 0) is 36.4 Å². The molecule has 0 saturated heterocycles. The first-order valence-corrected chi connectivity index (χ1v) is 10.6. The highest BCUT2D eigenvalue weighted by Crippen LogP contribution is 2.35. The largest absolute Gasteiger partial charge is 0.321 e. The quantitative estimate of drug-likeness (QED) is 0.408. The molecule has 0 atom stereocenters. The van der Waals surface area contributed by atoms with Crippen LogP contribution < -0.4 is 10.6 Å². The lowest BCUT2D eigenvalue weighted by Crippen LogP contribution is -2.26. The third kappa shape index (κ3) is 3.67. The first kappa shape index (κ1) is 21.0. The van der Waals surface area contributed by atoms with Crippen LogP contribution >= 0.6 is 0 Å². The second kappa shape index (κ2) is 8.60. The average Bonchev–Trinajstić information content (AvgIpc) is 2.88. The summed E-state index contributed by atoms with van der Waals surface area (Å²) in [4.78, 5) is 52.3. The van der Waals surface area contributed by atoms with E-state index in [0.29, 0.717) is 11.1 Å². The third-order valence-corrected chi connectivity index (χ3v) is 5.64. The standard InChI is InChI=1S/C28H18N2O4/c31-25-20-14-8-16-22(30-28(34)18-11-5-2-6-12-18)24(20)26(32)19-13-7-15-21(23(19)25)29-27(33)17-9-3-1-4-10-17/h1-16H,(H,29,33)(H,30,34). The van der Waals surface area contributed by atoms with Crippen molar-refractivity contribution in [1.29, 1.82) is 0 Å². The molecule has 0 aromatic heterocycles. The van der Waals surface area contributed by atoms with E-state index in [4.69, 9.17) is 0 Å². The van der Waals surface area contributed by atoms with Gasteiger partial charge in [-0.2, -0.15) is 0 Å². The fourth-order valence-electron chi connectivity index (χ4n) is 4.02. The highest BCUT2D eigenvalue weighted by molar-refractivity contribution is 6.32. The van der Waals surface area contributed by atoms with E-state index in [-0.39, 0.29) is 45.4 Å². The molecule has 0 fully saturated rings. The highest BCUT2D eigenvalue weighted by atomic mass is 16.2. The Morgan fingerprint density at radius 2 is 0.853 bits per heavy atom. The number of carbonyl (C=O) groups is 4. The van der Waals surface area contributed by atoms with Crippen LogP contribution in [-0.2, 0) is 0 Å². The molecule has 1 aliphatic rings. The number of hydrogen-bond acceptors (Lipinski definition) is 4. The summed E-state index contributed by atoms with van der Waals surface area (Å²) in [6.45, 7) is 0. The minimum absolute atomic E-state index is 0.135. The van der Waals surface area contributed by atoms with E-state index < -0.39 is 11.6 Å². The second-order valence-corrected chi connectivity index (χ2v) is 7.75. The summed E-state index contributed by atoms with van der Waals surface area (Å²) in [5, 5.41) is 5.51. The van der Waals surface area contributed by atoms with Crippen LogP contribution in [0.5, 0.6) is 0 Å². The molecule has 6 nitrogen and oxygen atoms in total. The lowest BCUT2D eigenvalue weighted by molar-refractivity contribution is 0.0977. The van der Waals surface area contributed by atoms with Crippen molar-refractivity contribution in [2.45, 2.75) is 0 Å². The van der Waals surface area contributed by atoms with Crippen molar-refractivity contribution < 1.29 is 19.2 Å². The molecule has 0 bridgehead atoms. The zero-order valence-corrected chi connectivity index (χ0v) is 17.9. The minimum atomic E-state index is -0.399. The van der Waals surface area contributed by atoms with Gasteiger partial charge >= 0.3 is 0 Å². The molecular formula is C28H18N2O4. The minimum Gasteiger partial charge on any atom is -0.321 e. The van der Waals surface area contributed by atoms with Crippen molar-refractivity contribution in [3.8, 4) is 0 Å². The van der Waals surface area contributed by atoms with Gasteiger partial charge in [0.25, 0.3) is 11.8 Å². The van der Waals surface area contributed by atoms with Crippen LogP contribution in [0.25, 0.3) is 0 Å². The molecule has 4 aromatic carbocycles. The van der Waals surface area contributed by atoms with E-state index in [1.807, 2.05) is 0 Å². The van der Waals surface area contributed by atoms with E-state index in [1.165, 1.54) is 0 Å². The molecule has 0 spiro atoms. The van der Waals surface area contributed by atoms with Gasteiger partial charge in [0, 0.05) is 22.3 Å². The number of anilines is 2. The van der Waals surface area contributed by atoms with Crippen molar-refractivity contribution in [2.75, 3.05) is 10.6 Å². The summed E-state index contributed by atoms with van der Waals surface area (Å²) in [6, 6.07) is 26.7. The zero-order chi connectivity index (χ0) is 23.7. The lowest BCUT2D eigenvalue weighted by atomic mass is 9.82.